The molecular weight excluding hydrogens is 392 g/mol. The Balaban J connectivity index is 1.53. The second-order valence-corrected chi connectivity index (χ2v) is 9.53. The van der Waals surface area contributed by atoms with E-state index in [-0.39, 0.29) is 11.8 Å². The standard InChI is InChI=1S/C24H26N4OS/c1-16-7-4-5-8-17(16)10-11-20(29)19-9-6-12-28(19)23-27-22-21(30-23)13-18(14-26-22)24(2,3)15-25/h4-5,7-8,13-14,19H,6,9-12H2,1-3H3/t19-/m1/s1. The van der Waals surface area contributed by atoms with Crippen LogP contribution in [0.15, 0.2) is 36.5 Å². The molecule has 1 aliphatic rings. The summed E-state index contributed by atoms with van der Waals surface area (Å²) in [6.07, 6.45) is 4.95. The zero-order valence-electron chi connectivity index (χ0n) is 17.7. The maximum Gasteiger partial charge on any atom is 0.188 e. The minimum absolute atomic E-state index is 0.107. The number of aromatic nitrogens is 2. The Hall–Kier alpha value is -2.78. The average Bonchev–Trinajstić information content (AvgIpc) is 3.39. The van der Waals surface area contributed by atoms with E-state index in [2.05, 4.69) is 35.0 Å². The van der Waals surface area contributed by atoms with E-state index in [0.29, 0.717) is 12.1 Å². The first-order valence-electron chi connectivity index (χ1n) is 10.4. The highest BCUT2D eigenvalue weighted by molar-refractivity contribution is 7.22. The number of anilines is 1. The van der Waals surface area contributed by atoms with Crippen LogP contribution < -0.4 is 4.90 Å². The van der Waals surface area contributed by atoms with Gasteiger partial charge in [0.25, 0.3) is 0 Å². The van der Waals surface area contributed by atoms with Crippen LogP contribution in [-0.4, -0.2) is 28.3 Å². The van der Waals surface area contributed by atoms with Gasteiger partial charge in [0.1, 0.15) is 0 Å². The summed E-state index contributed by atoms with van der Waals surface area (Å²) in [4.78, 5) is 24.4. The van der Waals surface area contributed by atoms with Crippen molar-refractivity contribution in [2.75, 3.05) is 11.4 Å². The molecule has 5 nitrogen and oxygen atoms in total. The Morgan fingerprint density at radius 1 is 1.37 bits per heavy atom. The third kappa shape index (κ3) is 3.95. The summed E-state index contributed by atoms with van der Waals surface area (Å²) in [5, 5.41) is 10.3. The third-order valence-corrected chi connectivity index (χ3v) is 7.04. The van der Waals surface area contributed by atoms with Crippen LogP contribution in [0.25, 0.3) is 10.3 Å². The van der Waals surface area contributed by atoms with Gasteiger partial charge in [0.2, 0.25) is 0 Å². The Kier molecular flexibility index (Phi) is 5.57. The van der Waals surface area contributed by atoms with Gasteiger partial charge in [-0.1, -0.05) is 35.6 Å². The van der Waals surface area contributed by atoms with E-state index in [0.717, 1.165) is 41.2 Å². The largest absolute Gasteiger partial charge is 0.338 e. The molecule has 0 aliphatic carbocycles. The molecule has 0 N–H and O–H groups in total. The van der Waals surface area contributed by atoms with Crippen LogP contribution in [0, 0.1) is 18.3 Å². The van der Waals surface area contributed by atoms with Gasteiger partial charge in [-0.05, 0) is 62.8 Å². The smallest absolute Gasteiger partial charge is 0.188 e. The lowest BCUT2D eigenvalue weighted by atomic mass is 9.88. The molecule has 3 aromatic rings. The van der Waals surface area contributed by atoms with Crippen molar-refractivity contribution in [3.63, 3.8) is 0 Å². The van der Waals surface area contributed by atoms with Gasteiger partial charge < -0.3 is 4.90 Å². The summed E-state index contributed by atoms with van der Waals surface area (Å²) in [5.41, 5.74) is 3.46. The molecule has 4 rings (SSSR count). The van der Waals surface area contributed by atoms with Crippen LogP contribution >= 0.6 is 11.3 Å². The molecule has 1 aliphatic heterocycles. The quantitative estimate of drug-likeness (QED) is 0.565. The number of ketones is 1. The molecule has 0 saturated carbocycles. The molecule has 3 heterocycles. The van der Waals surface area contributed by atoms with Gasteiger partial charge in [0.15, 0.2) is 16.6 Å². The molecule has 0 bridgehead atoms. The summed E-state index contributed by atoms with van der Waals surface area (Å²) in [5.74, 6) is 0.286. The molecule has 6 heteroatoms. The fourth-order valence-electron chi connectivity index (χ4n) is 3.98. The van der Waals surface area contributed by atoms with Gasteiger partial charge in [-0.3, -0.25) is 4.79 Å². The van der Waals surface area contributed by atoms with Crippen molar-refractivity contribution in [1.82, 2.24) is 9.97 Å². The zero-order valence-corrected chi connectivity index (χ0v) is 18.5. The fraction of sp³-hybridized carbons (Fsp3) is 0.417. The number of carbonyl (C=O) groups excluding carboxylic acids is 1. The zero-order chi connectivity index (χ0) is 21.3. The number of thiazole rings is 1. The predicted molar refractivity (Wildman–Crippen MR) is 121 cm³/mol. The Morgan fingerprint density at radius 3 is 2.93 bits per heavy atom. The lowest BCUT2D eigenvalue weighted by Crippen LogP contribution is -2.36. The second-order valence-electron chi connectivity index (χ2n) is 8.52. The number of carbonyl (C=O) groups is 1. The summed E-state index contributed by atoms with van der Waals surface area (Å²) in [6, 6.07) is 12.5. The fourth-order valence-corrected chi connectivity index (χ4v) is 5.02. The molecule has 1 saturated heterocycles. The van der Waals surface area contributed by atoms with E-state index >= 15 is 0 Å². The molecule has 2 aromatic heterocycles. The van der Waals surface area contributed by atoms with E-state index in [1.807, 2.05) is 32.0 Å². The monoisotopic (exact) mass is 418 g/mol. The molecule has 0 radical (unpaired) electrons. The molecule has 1 aromatic carbocycles. The van der Waals surface area contributed by atoms with Gasteiger partial charge in [-0.15, -0.1) is 0 Å². The lowest BCUT2D eigenvalue weighted by molar-refractivity contribution is -0.120. The molecule has 0 unspecified atom stereocenters. The minimum Gasteiger partial charge on any atom is -0.338 e. The Labute approximate surface area is 181 Å². The number of rotatable bonds is 6. The van der Waals surface area contributed by atoms with Crippen molar-refractivity contribution >= 4 is 32.6 Å². The van der Waals surface area contributed by atoms with Crippen LogP contribution in [0.5, 0.6) is 0 Å². The molecule has 1 fully saturated rings. The molecule has 1 atom stereocenters. The Morgan fingerprint density at radius 2 is 2.17 bits per heavy atom. The first-order chi connectivity index (χ1) is 14.4. The summed E-state index contributed by atoms with van der Waals surface area (Å²) in [7, 11) is 0. The summed E-state index contributed by atoms with van der Waals surface area (Å²) < 4.78 is 0.962. The number of hydrogen-bond donors (Lipinski definition) is 0. The molecule has 30 heavy (non-hydrogen) atoms. The highest BCUT2D eigenvalue weighted by Crippen LogP contribution is 2.35. The topological polar surface area (TPSA) is 69.9 Å². The highest BCUT2D eigenvalue weighted by Gasteiger charge is 2.32. The van der Waals surface area contributed by atoms with E-state index in [1.54, 1.807) is 17.5 Å². The average molecular weight is 419 g/mol. The van der Waals surface area contributed by atoms with Crippen molar-refractivity contribution < 1.29 is 4.79 Å². The number of aryl methyl sites for hydroxylation is 2. The predicted octanol–water partition coefficient (Wildman–Crippen LogP) is 4.97. The van der Waals surface area contributed by atoms with Crippen molar-refractivity contribution in [3.8, 4) is 6.07 Å². The molecular formula is C24H26N4OS. The highest BCUT2D eigenvalue weighted by atomic mass is 32.1. The SMILES string of the molecule is Cc1ccccc1CCC(=O)[C@H]1CCCN1c1nc2ncc(C(C)(C)C#N)cc2s1. The number of Topliss-reactive ketones (excluding diaryl/α,β-unsaturated/α-hetero) is 1. The van der Waals surface area contributed by atoms with E-state index in [1.165, 1.54) is 11.1 Å². The number of pyridine rings is 1. The van der Waals surface area contributed by atoms with Gasteiger partial charge in [-0.25, -0.2) is 4.98 Å². The first kappa shape index (κ1) is 20.5. The lowest BCUT2D eigenvalue weighted by Gasteiger charge is -2.22. The van der Waals surface area contributed by atoms with Crippen LogP contribution in [0.3, 0.4) is 0 Å². The van der Waals surface area contributed by atoms with E-state index < -0.39 is 5.41 Å². The number of nitrogens with zero attached hydrogens (tertiary/aromatic N) is 4. The van der Waals surface area contributed by atoms with Crippen LogP contribution in [0.4, 0.5) is 5.13 Å². The Bertz CT molecular complexity index is 1130. The van der Waals surface area contributed by atoms with Gasteiger partial charge in [0.05, 0.1) is 22.2 Å². The molecule has 0 spiro atoms. The number of benzene rings is 1. The maximum atomic E-state index is 13.0. The summed E-state index contributed by atoms with van der Waals surface area (Å²) >= 11 is 1.56. The van der Waals surface area contributed by atoms with E-state index in [9.17, 15) is 10.1 Å². The second kappa shape index (κ2) is 8.16. The number of hydrogen-bond acceptors (Lipinski definition) is 6. The third-order valence-electron chi connectivity index (χ3n) is 6.01. The van der Waals surface area contributed by atoms with Crippen LogP contribution in [-0.2, 0) is 16.6 Å². The van der Waals surface area contributed by atoms with Crippen molar-refractivity contribution in [2.24, 2.45) is 0 Å². The molecule has 154 valence electrons. The number of nitriles is 1. The van der Waals surface area contributed by atoms with Crippen molar-refractivity contribution in [3.05, 3.63) is 53.2 Å². The first-order valence-corrected chi connectivity index (χ1v) is 11.2. The maximum absolute atomic E-state index is 13.0. The minimum atomic E-state index is -0.590. The van der Waals surface area contributed by atoms with Gasteiger partial charge in [0, 0.05) is 19.2 Å². The van der Waals surface area contributed by atoms with Gasteiger partial charge in [-0.2, -0.15) is 10.2 Å². The number of fused-ring (bicyclic) bond motifs is 1. The normalized spacial score (nSPS) is 16.7. The van der Waals surface area contributed by atoms with Gasteiger partial charge >= 0.3 is 0 Å². The van der Waals surface area contributed by atoms with Crippen molar-refractivity contribution in [2.45, 2.75) is 57.9 Å². The summed E-state index contributed by atoms with van der Waals surface area (Å²) in [6.45, 7) is 6.72. The van der Waals surface area contributed by atoms with Crippen LogP contribution in [0.1, 0.15) is 49.8 Å². The van der Waals surface area contributed by atoms with Crippen LogP contribution in [0.2, 0.25) is 0 Å². The van der Waals surface area contributed by atoms with E-state index in [4.69, 9.17) is 4.98 Å². The molecule has 0 amide bonds. The van der Waals surface area contributed by atoms with Crippen molar-refractivity contribution in [1.29, 1.82) is 5.26 Å².